The van der Waals surface area contributed by atoms with Gasteiger partial charge < -0.3 is 14.7 Å². The number of halogens is 2. The van der Waals surface area contributed by atoms with E-state index in [4.69, 9.17) is 4.74 Å². The minimum Gasteiger partial charge on any atom is -0.479 e. The van der Waals surface area contributed by atoms with Gasteiger partial charge in [0.25, 0.3) is 0 Å². The van der Waals surface area contributed by atoms with Crippen LogP contribution in [0.5, 0.6) is 0 Å². The standard InChI is InChI=1S/C14H13F2NO4/c15-7-1-4-9(10(16)5-7)12-13(14(19)20)21-6-11(18)17(12)8-2-3-8/h1,4-5,8,12-13H,2-3,6H2,(H,19,20). The summed E-state index contributed by atoms with van der Waals surface area (Å²) in [4.78, 5) is 24.7. The van der Waals surface area contributed by atoms with Gasteiger partial charge in [-0.1, -0.05) is 6.07 Å². The van der Waals surface area contributed by atoms with Crippen molar-refractivity contribution in [2.45, 2.75) is 31.0 Å². The molecule has 1 heterocycles. The lowest BCUT2D eigenvalue weighted by Crippen LogP contribution is -2.52. The van der Waals surface area contributed by atoms with E-state index in [-0.39, 0.29) is 24.1 Å². The first-order valence-corrected chi connectivity index (χ1v) is 6.59. The first-order chi connectivity index (χ1) is 9.99. The van der Waals surface area contributed by atoms with Crippen LogP contribution in [0.25, 0.3) is 0 Å². The maximum atomic E-state index is 14.0. The van der Waals surface area contributed by atoms with E-state index >= 15 is 0 Å². The predicted octanol–water partition coefficient (Wildman–Crippen LogP) is 1.48. The zero-order chi connectivity index (χ0) is 15.1. The van der Waals surface area contributed by atoms with Crippen LogP contribution in [-0.4, -0.2) is 40.6 Å². The second-order valence-corrected chi connectivity index (χ2v) is 5.21. The Morgan fingerprint density at radius 3 is 2.62 bits per heavy atom. The van der Waals surface area contributed by atoms with Crippen molar-refractivity contribution in [3.63, 3.8) is 0 Å². The van der Waals surface area contributed by atoms with Gasteiger partial charge in [0.05, 0.1) is 6.04 Å². The number of carboxylic acid groups (broad SMARTS) is 1. The normalized spacial score (nSPS) is 26.0. The molecule has 1 aliphatic carbocycles. The van der Waals surface area contributed by atoms with Gasteiger partial charge in [0, 0.05) is 17.7 Å². The van der Waals surface area contributed by atoms with E-state index in [1.807, 2.05) is 0 Å². The molecule has 1 amide bonds. The van der Waals surface area contributed by atoms with Crippen molar-refractivity contribution in [3.05, 3.63) is 35.4 Å². The number of aliphatic carboxylic acids is 1. The largest absolute Gasteiger partial charge is 0.479 e. The van der Waals surface area contributed by atoms with Crippen LogP contribution >= 0.6 is 0 Å². The number of hydrogen-bond donors (Lipinski definition) is 1. The Labute approximate surface area is 119 Å². The van der Waals surface area contributed by atoms with Crippen molar-refractivity contribution in [3.8, 4) is 0 Å². The molecule has 3 rings (SSSR count). The molecule has 0 bridgehead atoms. The summed E-state index contributed by atoms with van der Waals surface area (Å²) in [6.45, 7) is -0.340. The summed E-state index contributed by atoms with van der Waals surface area (Å²) in [5, 5.41) is 9.26. The summed E-state index contributed by atoms with van der Waals surface area (Å²) in [7, 11) is 0. The summed E-state index contributed by atoms with van der Waals surface area (Å²) >= 11 is 0. The number of morpholine rings is 1. The number of benzene rings is 1. The van der Waals surface area contributed by atoms with Crippen LogP contribution in [0.1, 0.15) is 24.4 Å². The molecule has 2 fully saturated rings. The number of carbonyl (C=O) groups is 2. The topological polar surface area (TPSA) is 66.8 Å². The predicted molar refractivity (Wildman–Crippen MR) is 66.3 cm³/mol. The molecule has 1 aromatic carbocycles. The molecule has 2 unspecified atom stereocenters. The van der Waals surface area contributed by atoms with Crippen molar-refractivity contribution in [2.75, 3.05) is 6.61 Å². The average Bonchev–Trinajstić information content (AvgIpc) is 3.22. The monoisotopic (exact) mass is 297 g/mol. The summed E-state index contributed by atoms with van der Waals surface area (Å²) in [6.07, 6.45) is 0.137. The smallest absolute Gasteiger partial charge is 0.335 e. The molecule has 2 atom stereocenters. The Balaban J connectivity index is 2.06. The third kappa shape index (κ3) is 2.49. The van der Waals surface area contributed by atoms with E-state index in [1.165, 1.54) is 11.0 Å². The number of ether oxygens (including phenoxy) is 1. The fourth-order valence-corrected chi connectivity index (χ4v) is 2.67. The second kappa shape index (κ2) is 5.07. The number of nitrogens with zero attached hydrogens (tertiary/aromatic N) is 1. The number of amides is 1. The number of carboxylic acids is 1. The number of carbonyl (C=O) groups excluding carboxylic acids is 1. The van der Waals surface area contributed by atoms with Crippen LogP contribution in [-0.2, 0) is 14.3 Å². The lowest BCUT2D eigenvalue weighted by molar-refractivity contribution is -0.174. The molecule has 0 radical (unpaired) electrons. The van der Waals surface area contributed by atoms with E-state index in [0.717, 1.165) is 18.9 Å². The molecule has 112 valence electrons. The zero-order valence-corrected chi connectivity index (χ0v) is 11.0. The molecule has 1 saturated carbocycles. The van der Waals surface area contributed by atoms with Crippen LogP contribution in [0.3, 0.4) is 0 Å². The highest BCUT2D eigenvalue weighted by atomic mass is 19.1. The highest BCUT2D eigenvalue weighted by Crippen LogP contribution is 2.40. The first kappa shape index (κ1) is 13.9. The molecule has 1 saturated heterocycles. The summed E-state index contributed by atoms with van der Waals surface area (Å²) < 4.78 is 32.1. The van der Waals surface area contributed by atoms with Gasteiger partial charge in [-0.15, -0.1) is 0 Å². The first-order valence-electron chi connectivity index (χ1n) is 6.59. The third-order valence-electron chi connectivity index (χ3n) is 3.73. The van der Waals surface area contributed by atoms with E-state index in [2.05, 4.69) is 0 Å². The molecule has 2 aliphatic rings. The van der Waals surface area contributed by atoms with Crippen LogP contribution in [0.2, 0.25) is 0 Å². The van der Waals surface area contributed by atoms with Gasteiger partial charge in [0.15, 0.2) is 6.10 Å². The zero-order valence-electron chi connectivity index (χ0n) is 11.0. The average molecular weight is 297 g/mol. The lowest BCUT2D eigenvalue weighted by atomic mass is 9.97. The van der Waals surface area contributed by atoms with Crippen molar-refractivity contribution < 1.29 is 28.2 Å². The van der Waals surface area contributed by atoms with Crippen molar-refractivity contribution in [1.82, 2.24) is 4.90 Å². The van der Waals surface area contributed by atoms with Gasteiger partial charge in [-0.05, 0) is 18.9 Å². The van der Waals surface area contributed by atoms with Crippen molar-refractivity contribution in [1.29, 1.82) is 0 Å². The summed E-state index contributed by atoms with van der Waals surface area (Å²) in [5.41, 5.74) is -0.0382. The quantitative estimate of drug-likeness (QED) is 0.917. The molecule has 5 nitrogen and oxygen atoms in total. The van der Waals surface area contributed by atoms with E-state index in [9.17, 15) is 23.5 Å². The fourth-order valence-electron chi connectivity index (χ4n) is 2.67. The van der Waals surface area contributed by atoms with Crippen LogP contribution in [0.15, 0.2) is 18.2 Å². The van der Waals surface area contributed by atoms with Gasteiger partial charge >= 0.3 is 5.97 Å². The van der Waals surface area contributed by atoms with Crippen LogP contribution < -0.4 is 0 Å². The third-order valence-corrected chi connectivity index (χ3v) is 3.73. The molecule has 1 aromatic rings. The van der Waals surface area contributed by atoms with Gasteiger partial charge in [-0.2, -0.15) is 0 Å². The minimum atomic E-state index is -1.36. The van der Waals surface area contributed by atoms with Gasteiger partial charge in [0.2, 0.25) is 5.91 Å². The minimum absolute atomic E-state index is 0.0382. The van der Waals surface area contributed by atoms with Gasteiger partial charge in [-0.3, -0.25) is 4.79 Å². The highest BCUT2D eigenvalue weighted by Gasteiger charge is 2.48. The second-order valence-electron chi connectivity index (χ2n) is 5.21. The van der Waals surface area contributed by atoms with E-state index in [0.29, 0.717) is 6.07 Å². The molecule has 0 aromatic heterocycles. The molecule has 21 heavy (non-hydrogen) atoms. The maximum absolute atomic E-state index is 14.0. The van der Waals surface area contributed by atoms with E-state index in [1.54, 1.807) is 0 Å². The SMILES string of the molecule is O=C(O)C1OCC(=O)N(C2CC2)C1c1ccc(F)cc1F. The fraction of sp³-hybridized carbons (Fsp3) is 0.429. The maximum Gasteiger partial charge on any atom is 0.335 e. The van der Waals surface area contributed by atoms with Crippen molar-refractivity contribution >= 4 is 11.9 Å². The highest BCUT2D eigenvalue weighted by molar-refractivity contribution is 5.83. The van der Waals surface area contributed by atoms with Crippen molar-refractivity contribution in [2.24, 2.45) is 0 Å². The molecule has 1 N–H and O–H groups in total. The van der Waals surface area contributed by atoms with Gasteiger partial charge in [0.1, 0.15) is 18.2 Å². The lowest BCUT2D eigenvalue weighted by Gasteiger charge is -2.39. The number of rotatable bonds is 3. The molecule has 7 heteroatoms. The summed E-state index contributed by atoms with van der Waals surface area (Å²) in [6, 6.07) is 1.72. The number of hydrogen-bond acceptors (Lipinski definition) is 3. The van der Waals surface area contributed by atoms with Crippen LogP contribution in [0, 0.1) is 11.6 Å². The molecule has 0 spiro atoms. The Morgan fingerprint density at radius 1 is 1.33 bits per heavy atom. The van der Waals surface area contributed by atoms with Gasteiger partial charge in [-0.25, -0.2) is 13.6 Å². The molecular formula is C14H13F2NO4. The Morgan fingerprint density at radius 2 is 2.05 bits per heavy atom. The molecule has 1 aliphatic heterocycles. The molecular weight excluding hydrogens is 284 g/mol. The summed E-state index contributed by atoms with van der Waals surface area (Å²) in [5.74, 6) is -3.29. The Hall–Kier alpha value is -2.02. The van der Waals surface area contributed by atoms with Crippen LogP contribution in [0.4, 0.5) is 8.78 Å². The Kier molecular flexibility index (Phi) is 3.36. The Bertz CT molecular complexity index is 603. The van der Waals surface area contributed by atoms with E-state index < -0.39 is 29.7 Å².